The molecule has 1 fully saturated rings. The van der Waals surface area contributed by atoms with E-state index in [9.17, 15) is 0 Å². The number of aromatic nitrogens is 7. The van der Waals surface area contributed by atoms with E-state index < -0.39 is 0 Å². The van der Waals surface area contributed by atoms with Crippen molar-refractivity contribution in [3.05, 3.63) is 24.2 Å². The molecular weight excluding hydrogens is 328 g/mol. The monoisotopic (exact) mass is 352 g/mol. The van der Waals surface area contributed by atoms with Crippen LogP contribution in [0.2, 0.25) is 0 Å². The zero-order valence-corrected chi connectivity index (χ0v) is 15.2. The van der Waals surface area contributed by atoms with E-state index in [1.165, 1.54) is 30.9 Å². The maximum Gasteiger partial charge on any atom is 0.163 e. The number of hydrogen-bond acceptors (Lipinski definition) is 6. The fourth-order valence-corrected chi connectivity index (χ4v) is 4.39. The van der Waals surface area contributed by atoms with Crippen LogP contribution in [0.3, 0.4) is 0 Å². The van der Waals surface area contributed by atoms with Gasteiger partial charge in [0.2, 0.25) is 0 Å². The first-order valence-corrected chi connectivity index (χ1v) is 9.61. The van der Waals surface area contributed by atoms with Crippen LogP contribution in [0.1, 0.15) is 49.7 Å². The highest BCUT2D eigenvalue weighted by atomic mass is 15.3. The molecule has 0 bridgehead atoms. The molecule has 0 radical (unpaired) electrons. The average molecular weight is 352 g/mol. The Balaban J connectivity index is 1.46. The summed E-state index contributed by atoms with van der Waals surface area (Å²) in [5.74, 6) is 3.74. The molecule has 136 valence electrons. The topological polar surface area (TPSA) is 77.5 Å². The van der Waals surface area contributed by atoms with Gasteiger partial charge in [0, 0.05) is 39.0 Å². The van der Waals surface area contributed by atoms with Crippen molar-refractivity contribution in [2.45, 2.75) is 51.0 Å². The average Bonchev–Trinajstić information content (AvgIpc) is 3.18. The number of fused-ring (bicyclic) bond motifs is 2. The highest BCUT2D eigenvalue weighted by Gasteiger charge is 2.29. The van der Waals surface area contributed by atoms with Gasteiger partial charge < -0.3 is 9.47 Å². The Morgan fingerprint density at radius 1 is 1.04 bits per heavy atom. The quantitative estimate of drug-likeness (QED) is 0.703. The molecule has 1 saturated heterocycles. The fraction of sp³-hybridized carbons (Fsp3) is 0.611. The Kier molecular flexibility index (Phi) is 3.83. The number of piperidine rings is 1. The molecule has 0 spiro atoms. The van der Waals surface area contributed by atoms with Gasteiger partial charge in [-0.1, -0.05) is 6.42 Å². The van der Waals surface area contributed by atoms with Gasteiger partial charge in [-0.05, 0) is 25.7 Å². The minimum absolute atomic E-state index is 0.407. The molecule has 0 amide bonds. The van der Waals surface area contributed by atoms with Crippen LogP contribution in [0.15, 0.2) is 12.5 Å². The number of aryl methyl sites for hydroxylation is 2. The third kappa shape index (κ3) is 2.55. The molecule has 8 nitrogen and oxygen atoms in total. The van der Waals surface area contributed by atoms with E-state index in [1.54, 1.807) is 11.0 Å². The Bertz CT molecular complexity index is 927. The van der Waals surface area contributed by atoms with E-state index in [2.05, 4.69) is 34.7 Å². The molecule has 2 aliphatic rings. The molecule has 5 rings (SSSR count). The van der Waals surface area contributed by atoms with Gasteiger partial charge in [0.05, 0.1) is 11.6 Å². The Morgan fingerprint density at radius 3 is 2.96 bits per heavy atom. The second-order valence-corrected chi connectivity index (χ2v) is 7.42. The van der Waals surface area contributed by atoms with Crippen LogP contribution in [0, 0.1) is 0 Å². The Hall–Kier alpha value is -2.51. The van der Waals surface area contributed by atoms with Crippen LogP contribution in [0.5, 0.6) is 0 Å². The summed E-state index contributed by atoms with van der Waals surface area (Å²) in [7, 11) is 1.92. The van der Waals surface area contributed by atoms with E-state index in [0.29, 0.717) is 5.92 Å². The highest BCUT2D eigenvalue weighted by Crippen LogP contribution is 2.32. The molecule has 26 heavy (non-hydrogen) atoms. The number of rotatable bonds is 2. The van der Waals surface area contributed by atoms with Gasteiger partial charge in [0.1, 0.15) is 23.8 Å². The third-order valence-electron chi connectivity index (χ3n) is 5.73. The zero-order valence-electron chi connectivity index (χ0n) is 15.2. The lowest BCUT2D eigenvalue weighted by molar-refractivity contribution is 0.464. The molecule has 8 heteroatoms. The van der Waals surface area contributed by atoms with Crippen LogP contribution in [-0.4, -0.2) is 47.6 Å². The zero-order chi connectivity index (χ0) is 17.5. The summed E-state index contributed by atoms with van der Waals surface area (Å²) in [4.78, 5) is 11.3. The van der Waals surface area contributed by atoms with Crippen molar-refractivity contribution in [2.75, 3.05) is 18.0 Å². The largest absolute Gasteiger partial charge is 0.355 e. The van der Waals surface area contributed by atoms with Crippen LogP contribution in [0.25, 0.3) is 11.0 Å². The molecule has 0 aliphatic carbocycles. The Morgan fingerprint density at radius 2 is 2.00 bits per heavy atom. The van der Waals surface area contributed by atoms with Gasteiger partial charge in [-0.2, -0.15) is 5.10 Å². The lowest BCUT2D eigenvalue weighted by atomic mass is 9.97. The molecule has 2 aliphatic heterocycles. The maximum absolute atomic E-state index is 4.59. The summed E-state index contributed by atoms with van der Waals surface area (Å²) >= 11 is 0. The van der Waals surface area contributed by atoms with E-state index in [4.69, 9.17) is 0 Å². The summed E-state index contributed by atoms with van der Waals surface area (Å²) in [6, 6.07) is 0. The molecule has 0 unspecified atom stereocenters. The van der Waals surface area contributed by atoms with Crippen molar-refractivity contribution in [1.82, 2.24) is 34.5 Å². The molecule has 0 N–H and O–H groups in total. The van der Waals surface area contributed by atoms with Crippen molar-refractivity contribution >= 4 is 16.9 Å². The van der Waals surface area contributed by atoms with E-state index in [0.717, 1.165) is 55.7 Å². The summed E-state index contributed by atoms with van der Waals surface area (Å²) in [5.41, 5.74) is 0.883. The summed E-state index contributed by atoms with van der Waals surface area (Å²) in [5, 5.41) is 14.5. The second kappa shape index (κ2) is 6.34. The van der Waals surface area contributed by atoms with E-state index in [-0.39, 0.29) is 0 Å². The standard InChI is InChI=1S/C18H24N8/c1-24-17-14(10-21-24)18(20-12-19-17)25-8-5-6-13(11-25)16-23-22-15-7-3-2-4-9-26(15)16/h10,12-13H,2-9,11H2,1H3/t13-/m1/s1. The first kappa shape index (κ1) is 15.7. The molecule has 1 atom stereocenters. The van der Waals surface area contributed by atoms with Gasteiger partial charge in [-0.3, -0.25) is 4.68 Å². The fourth-order valence-electron chi connectivity index (χ4n) is 4.39. The van der Waals surface area contributed by atoms with Crippen LogP contribution in [0.4, 0.5) is 5.82 Å². The van der Waals surface area contributed by atoms with Crippen molar-refractivity contribution in [3.63, 3.8) is 0 Å². The van der Waals surface area contributed by atoms with Gasteiger partial charge in [0.15, 0.2) is 5.65 Å². The van der Waals surface area contributed by atoms with Gasteiger partial charge in [-0.25, -0.2) is 9.97 Å². The molecule has 0 aromatic carbocycles. The minimum Gasteiger partial charge on any atom is -0.355 e. The molecule has 3 aromatic rings. The van der Waals surface area contributed by atoms with Crippen molar-refractivity contribution < 1.29 is 0 Å². The highest BCUT2D eigenvalue weighted by molar-refractivity contribution is 5.86. The summed E-state index contributed by atoms with van der Waals surface area (Å²) < 4.78 is 4.20. The molecule has 0 saturated carbocycles. The maximum atomic E-state index is 4.59. The van der Waals surface area contributed by atoms with Crippen LogP contribution in [-0.2, 0) is 20.0 Å². The SMILES string of the molecule is Cn1ncc2c(N3CCC[C@@H](c4nnc5n4CCCCC5)C3)ncnc21. The first-order valence-electron chi connectivity index (χ1n) is 9.61. The van der Waals surface area contributed by atoms with E-state index >= 15 is 0 Å². The summed E-state index contributed by atoms with van der Waals surface area (Å²) in [6.07, 6.45) is 10.6. The number of anilines is 1. The van der Waals surface area contributed by atoms with Crippen molar-refractivity contribution in [3.8, 4) is 0 Å². The first-order chi connectivity index (χ1) is 12.8. The predicted molar refractivity (Wildman–Crippen MR) is 98.1 cm³/mol. The van der Waals surface area contributed by atoms with Crippen molar-refractivity contribution in [2.24, 2.45) is 7.05 Å². The summed E-state index contributed by atoms with van der Waals surface area (Å²) in [6.45, 7) is 3.01. The van der Waals surface area contributed by atoms with Gasteiger partial charge in [-0.15, -0.1) is 10.2 Å². The predicted octanol–water partition coefficient (Wildman–Crippen LogP) is 2.07. The Labute approximate surface area is 152 Å². The third-order valence-corrected chi connectivity index (χ3v) is 5.73. The van der Waals surface area contributed by atoms with Crippen LogP contribution < -0.4 is 4.90 Å². The van der Waals surface area contributed by atoms with Gasteiger partial charge in [0.25, 0.3) is 0 Å². The molecule has 3 aromatic heterocycles. The van der Waals surface area contributed by atoms with Crippen LogP contribution >= 0.6 is 0 Å². The second-order valence-electron chi connectivity index (χ2n) is 7.42. The molecular formula is C18H24N8. The normalized spacial score (nSPS) is 21.0. The lowest BCUT2D eigenvalue weighted by Crippen LogP contribution is -2.36. The minimum atomic E-state index is 0.407. The number of hydrogen-bond donors (Lipinski definition) is 0. The van der Waals surface area contributed by atoms with E-state index in [1.807, 2.05) is 13.2 Å². The molecule has 5 heterocycles. The smallest absolute Gasteiger partial charge is 0.163 e. The van der Waals surface area contributed by atoms with Crippen molar-refractivity contribution in [1.29, 1.82) is 0 Å². The van der Waals surface area contributed by atoms with Gasteiger partial charge >= 0.3 is 0 Å². The number of nitrogens with zero attached hydrogens (tertiary/aromatic N) is 8. The lowest BCUT2D eigenvalue weighted by Gasteiger charge is -2.33.